The van der Waals surface area contributed by atoms with Crippen LogP contribution in [0.3, 0.4) is 0 Å². The molecule has 1 aromatic heterocycles. The van der Waals surface area contributed by atoms with Crippen LogP contribution in [0.15, 0.2) is 41.1 Å². The summed E-state index contributed by atoms with van der Waals surface area (Å²) < 4.78 is 31.2. The molecular weight excluding hydrogens is 364 g/mol. The van der Waals surface area contributed by atoms with Crippen LogP contribution in [-0.4, -0.2) is 57.7 Å². The molecule has 2 heterocycles. The number of aromatic nitrogens is 1. The highest BCUT2D eigenvalue weighted by atomic mass is 32.2. The summed E-state index contributed by atoms with van der Waals surface area (Å²) >= 11 is 0. The van der Waals surface area contributed by atoms with E-state index in [-0.39, 0.29) is 5.75 Å². The molecule has 2 aromatic rings. The third-order valence-corrected chi connectivity index (χ3v) is 6.11. The summed E-state index contributed by atoms with van der Waals surface area (Å²) in [4.78, 5) is 4.89. The number of aryl methyl sites for hydroxylation is 1. The molecule has 8 heteroatoms. The van der Waals surface area contributed by atoms with Crippen molar-refractivity contribution in [3.05, 3.63) is 47.9 Å². The number of benzene rings is 1. The smallest absolute Gasteiger partial charge is 0.217 e. The first-order valence-electron chi connectivity index (χ1n) is 9.42. The van der Waals surface area contributed by atoms with Crippen molar-refractivity contribution in [2.24, 2.45) is 0 Å². The van der Waals surface area contributed by atoms with Crippen molar-refractivity contribution >= 4 is 15.7 Å². The Morgan fingerprint density at radius 2 is 1.96 bits per heavy atom. The van der Waals surface area contributed by atoms with E-state index in [1.807, 2.05) is 0 Å². The first-order valence-corrected chi connectivity index (χ1v) is 11.1. The zero-order valence-electron chi connectivity index (χ0n) is 15.8. The van der Waals surface area contributed by atoms with E-state index in [0.717, 1.165) is 45.6 Å². The van der Waals surface area contributed by atoms with Gasteiger partial charge in [-0.1, -0.05) is 17.3 Å². The van der Waals surface area contributed by atoms with Crippen molar-refractivity contribution in [3.8, 4) is 0 Å². The Bertz CT molecular complexity index is 800. The molecule has 1 fully saturated rings. The standard InChI is InChI=1S/C19H28N4O3S/c1-17-5-4-6-19(15-17)23-12-10-22(11-13-23)9-3-2-8-20-27(24,25)16-18-7-14-26-21-18/h4-7,14-15,20H,2-3,8-13,16H2,1H3. The van der Waals surface area contributed by atoms with Crippen LogP contribution in [0.25, 0.3) is 0 Å². The molecule has 3 rings (SSSR count). The molecule has 0 atom stereocenters. The van der Waals surface area contributed by atoms with E-state index >= 15 is 0 Å². The lowest BCUT2D eigenvalue weighted by Gasteiger charge is -2.36. The van der Waals surface area contributed by atoms with Gasteiger partial charge in [0.05, 0.1) is 5.69 Å². The highest BCUT2D eigenvalue weighted by Gasteiger charge is 2.17. The van der Waals surface area contributed by atoms with Gasteiger partial charge in [0.15, 0.2) is 0 Å². The lowest BCUT2D eigenvalue weighted by Crippen LogP contribution is -2.46. The van der Waals surface area contributed by atoms with Gasteiger partial charge in [0.1, 0.15) is 12.0 Å². The molecular formula is C19H28N4O3S. The molecule has 148 valence electrons. The molecule has 1 aliphatic rings. The van der Waals surface area contributed by atoms with Gasteiger partial charge in [0, 0.05) is 44.5 Å². The first-order chi connectivity index (χ1) is 13.0. The molecule has 1 N–H and O–H groups in total. The molecule has 0 bridgehead atoms. The summed E-state index contributed by atoms with van der Waals surface area (Å²) in [7, 11) is -3.34. The molecule has 27 heavy (non-hydrogen) atoms. The number of piperazine rings is 1. The Balaban J connectivity index is 1.30. The average molecular weight is 393 g/mol. The second-order valence-electron chi connectivity index (χ2n) is 7.02. The average Bonchev–Trinajstić information content (AvgIpc) is 3.14. The number of sulfonamides is 1. The summed E-state index contributed by atoms with van der Waals surface area (Å²) in [5.41, 5.74) is 3.02. The minimum absolute atomic E-state index is 0.135. The molecule has 0 amide bonds. The number of rotatable bonds is 9. The summed E-state index contributed by atoms with van der Waals surface area (Å²) in [6.45, 7) is 7.76. The number of hydrogen-bond acceptors (Lipinski definition) is 6. The highest BCUT2D eigenvalue weighted by molar-refractivity contribution is 7.88. The Morgan fingerprint density at radius 3 is 2.67 bits per heavy atom. The summed E-state index contributed by atoms with van der Waals surface area (Å²) in [5, 5.41) is 3.63. The number of hydrogen-bond donors (Lipinski definition) is 1. The third-order valence-electron chi connectivity index (χ3n) is 4.79. The molecule has 1 aliphatic heterocycles. The highest BCUT2D eigenvalue weighted by Crippen LogP contribution is 2.17. The van der Waals surface area contributed by atoms with E-state index in [9.17, 15) is 8.42 Å². The molecule has 1 aromatic carbocycles. The normalized spacial score (nSPS) is 16.0. The van der Waals surface area contributed by atoms with Crippen LogP contribution in [0.5, 0.6) is 0 Å². The first kappa shape index (κ1) is 19.9. The van der Waals surface area contributed by atoms with E-state index in [4.69, 9.17) is 0 Å². The van der Waals surface area contributed by atoms with E-state index in [1.54, 1.807) is 6.07 Å². The van der Waals surface area contributed by atoms with Crippen LogP contribution in [0.4, 0.5) is 5.69 Å². The SMILES string of the molecule is Cc1cccc(N2CCN(CCCCNS(=O)(=O)Cc3ccon3)CC2)c1. The Kier molecular flexibility index (Phi) is 6.87. The van der Waals surface area contributed by atoms with Crippen LogP contribution in [0.2, 0.25) is 0 Å². The molecule has 0 saturated carbocycles. The van der Waals surface area contributed by atoms with Gasteiger partial charge in [-0.3, -0.25) is 4.90 Å². The molecule has 0 radical (unpaired) electrons. The second-order valence-corrected chi connectivity index (χ2v) is 8.83. The number of nitrogens with one attached hydrogen (secondary N) is 1. The van der Waals surface area contributed by atoms with E-state index in [1.165, 1.54) is 17.5 Å². The predicted octanol–water partition coefficient (Wildman–Crippen LogP) is 2.00. The van der Waals surface area contributed by atoms with Crippen molar-refractivity contribution < 1.29 is 12.9 Å². The minimum Gasteiger partial charge on any atom is -0.369 e. The summed E-state index contributed by atoms with van der Waals surface area (Å²) in [6, 6.07) is 10.2. The quantitative estimate of drug-likeness (QED) is 0.658. The van der Waals surface area contributed by atoms with Gasteiger partial charge >= 0.3 is 0 Å². The van der Waals surface area contributed by atoms with Gasteiger partial charge in [0.25, 0.3) is 0 Å². The fourth-order valence-corrected chi connectivity index (χ4v) is 4.40. The van der Waals surface area contributed by atoms with Crippen molar-refractivity contribution in [3.63, 3.8) is 0 Å². The fourth-order valence-electron chi connectivity index (χ4n) is 3.30. The van der Waals surface area contributed by atoms with Gasteiger partial charge in [-0.15, -0.1) is 0 Å². The number of unbranched alkanes of at least 4 members (excludes halogenated alkanes) is 1. The Hall–Kier alpha value is -1.90. The van der Waals surface area contributed by atoms with E-state index in [0.29, 0.717) is 12.2 Å². The summed E-state index contributed by atoms with van der Waals surface area (Å²) in [5.74, 6) is -0.135. The molecule has 1 saturated heterocycles. The fraction of sp³-hybridized carbons (Fsp3) is 0.526. The molecule has 0 aliphatic carbocycles. The van der Waals surface area contributed by atoms with E-state index < -0.39 is 10.0 Å². The lowest BCUT2D eigenvalue weighted by atomic mass is 10.2. The maximum absolute atomic E-state index is 11.9. The van der Waals surface area contributed by atoms with Crippen LogP contribution in [-0.2, 0) is 15.8 Å². The Morgan fingerprint density at radius 1 is 1.15 bits per heavy atom. The Labute approximate surface area is 161 Å². The van der Waals surface area contributed by atoms with Crippen LogP contribution in [0.1, 0.15) is 24.1 Å². The van der Waals surface area contributed by atoms with Crippen molar-refractivity contribution in [1.82, 2.24) is 14.8 Å². The number of anilines is 1. The zero-order chi connectivity index (χ0) is 19.1. The van der Waals surface area contributed by atoms with Gasteiger partial charge in [0.2, 0.25) is 10.0 Å². The summed E-state index contributed by atoms with van der Waals surface area (Å²) in [6.07, 6.45) is 3.19. The molecule has 7 nitrogen and oxygen atoms in total. The van der Waals surface area contributed by atoms with Gasteiger partial charge in [-0.05, 0) is 44.0 Å². The van der Waals surface area contributed by atoms with Crippen LogP contribution in [0, 0.1) is 6.92 Å². The van der Waals surface area contributed by atoms with Gasteiger partial charge in [-0.25, -0.2) is 13.1 Å². The van der Waals surface area contributed by atoms with Crippen molar-refractivity contribution in [2.45, 2.75) is 25.5 Å². The largest absolute Gasteiger partial charge is 0.369 e. The van der Waals surface area contributed by atoms with Crippen LogP contribution >= 0.6 is 0 Å². The maximum atomic E-state index is 11.9. The predicted molar refractivity (Wildman–Crippen MR) is 106 cm³/mol. The maximum Gasteiger partial charge on any atom is 0.217 e. The topological polar surface area (TPSA) is 78.7 Å². The minimum atomic E-state index is -3.34. The van der Waals surface area contributed by atoms with E-state index in [2.05, 4.69) is 55.4 Å². The lowest BCUT2D eigenvalue weighted by molar-refractivity contribution is 0.253. The third kappa shape index (κ3) is 6.34. The zero-order valence-corrected chi connectivity index (χ0v) is 16.6. The molecule has 0 unspecified atom stereocenters. The van der Waals surface area contributed by atoms with Crippen molar-refractivity contribution in [1.29, 1.82) is 0 Å². The monoisotopic (exact) mass is 392 g/mol. The second kappa shape index (κ2) is 9.34. The van der Waals surface area contributed by atoms with Crippen LogP contribution < -0.4 is 9.62 Å². The van der Waals surface area contributed by atoms with Gasteiger partial charge in [-0.2, -0.15) is 0 Å². The number of nitrogens with zero attached hydrogens (tertiary/aromatic N) is 3. The van der Waals surface area contributed by atoms with Crippen molar-refractivity contribution in [2.75, 3.05) is 44.2 Å². The van der Waals surface area contributed by atoms with Gasteiger partial charge < -0.3 is 9.42 Å². The molecule has 0 spiro atoms.